The fourth-order valence-corrected chi connectivity index (χ4v) is 1.74. The average molecular weight is 305 g/mol. The number of halogens is 2. The lowest BCUT2D eigenvalue weighted by Gasteiger charge is -2.10. The van der Waals surface area contributed by atoms with Gasteiger partial charge in [-0.2, -0.15) is 0 Å². The van der Waals surface area contributed by atoms with Gasteiger partial charge in [0.15, 0.2) is 6.61 Å². The highest BCUT2D eigenvalue weighted by atomic mass is 79.9. The molecule has 0 radical (unpaired) electrons. The molecule has 0 heterocycles. The van der Waals surface area contributed by atoms with Crippen LogP contribution in [0.2, 0.25) is 0 Å². The number of hydrogen-bond acceptors (Lipinski definition) is 3. The van der Waals surface area contributed by atoms with Gasteiger partial charge in [0.25, 0.3) is 0 Å². The summed E-state index contributed by atoms with van der Waals surface area (Å²) in [6.45, 7) is 1.82. The Hall–Kier alpha value is -1.10. The highest BCUT2D eigenvalue weighted by Crippen LogP contribution is 2.21. The summed E-state index contributed by atoms with van der Waals surface area (Å²) in [4.78, 5) is 11.1. The Bertz CT molecular complexity index is 382. The van der Waals surface area contributed by atoms with E-state index in [1.807, 2.05) is 0 Å². The van der Waals surface area contributed by atoms with E-state index >= 15 is 0 Å². The van der Waals surface area contributed by atoms with E-state index in [0.29, 0.717) is 18.8 Å². The highest BCUT2D eigenvalue weighted by Gasteiger charge is 2.08. The molecule has 0 aliphatic rings. The maximum Gasteiger partial charge on any atom is 0.344 e. The fraction of sp³-hybridized carbons (Fsp3) is 0.417. The predicted molar refractivity (Wildman–Crippen MR) is 66.0 cm³/mol. The molecule has 0 saturated carbocycles. The normalized spacial score (nSPS) is 10.1. The summed E-state index contributed by atoms with van der Waals surface area (Å²) in [5.74, 6) is -0.457. The molecule has 1 aromatic carbocycles. The van der Waals surface area contributed by atoms with Gasteiger partial charge in [0, 0.05) is 11.4 Å². The fourth-order valence-electron chi connectivity index (χ4n) is 1.31. The van der Waals surface area contributed by atoms with Gasteiger partial charge in [0.1, 0.15) is 11.6 Å². The molecule has 0 fully saturated rings. The van der Waals surface area contributed by atoms with Gasteiger partial charge in [-0.3, -0.25) is 0 Å². The summed E-state index contributed by atoms with van der Waals surface area (Å²) in [7, 11) is 0. The topological polar surface area (TPSA) is 35.5 Å². The molecule has 3 nitrogen and oxygen atoms in total. The second kappa shape index (κ2) is 7.27. The van der Waals surface area contributed by atoms with Crippen molar-refractivity contribution in [1.82, 2.24) is 0 Å². The Morgan fingerprint density at radius 1 is 1.47 bits per heavy atom. The lowest BCUT2D eigenvalue weighted by Crippen LogP contribution is -2.15. The SMILES string of the molecule is CCOC(=O)COc1cc(F)ccc1CCBr. The van der Waals surface area contributed by atoms with Crippen molar-refractivity contribution >= 4 is 21.9 Å². The summed E-state index contributed by atoms with van der Waals surface area (Å²) < 4.78 is 23.0. The minimum Gasteiger partial charge on any atom is -0.482 e. The first-order chi connectivity index (χ1) is 8.17. The molecule has 0 N–H and O–H groups in total. The molecule has 0 aliphatic heterocycles. The Morgan fingerprint density at radius 3 is 2.88 bits per heavy atom. The van der Waals surface area contributed by atoms with Crippen LogP contribution in [0.25, 0.3) is 0 Å². The van der Waals surface area contributed by atoms with Crippen LogP contribution >= 0.6 is 15.9 Å². The predicted octanol–water partition coefficient (Wildman–Crippen LogP) is 2.71. The molecular formula is C12H14BrFO3. The number of benzene rings is 1. The number of carbonyl (C=O) groups is 1. The molecule has 0 aromatic heterocycles. The van der Waals surface area contributed by atoms with E-state index in [9.17, 15) is 9.18 Å². The zero-order chi connectivity index (χ0) is 12.7. The third kappa shape index (κ3) is 4.73. The van der Waals surface area contributed by atoms with Gasteiger partial charge in [0.2, 0.25) is 0 Å². The largest absolute Gasteiger partial charge is 0.482 e. The van der Waals surface area contributed by atoms with Gasteiger partial charge in [-0.25, -0.2) is 9.18 Å². The van der Waals surface area contributed by atoms with Gasteiger partial charge in [-0.15, -0.1) is 0 Å². The second-order valence-corrected chi connectivity index (χ2v) is 4.08. The van der Waals surface area contributed by atoms with E-state index in [1.54, 1.807) is 13.0 Å². The average Bonchev–Trinajstić information content (AvgIpc) is 2.30. The number of esters is 1. The molecular weight excluding hydrogens is 291 g/mol. The molecule has 0 bridgehead atoms. The third-order valence-corrected chi connectivity index (χ3v) is 2.44. The quantitative estimate of drug-likeness (QED) is 0.599. The molecule has 0 atom stereocenters. The number of ether oxygens (including phenoxy) is 2. The van der Waals surface area contributed by atoms with Gasteiger partial charge in [0.05, 0.1) is 6.61 Å². The first-order valence-electron chi connectivity index (χ1n) is 5.30. The highest BCUT2D eigenvalue weighted by molar-refractivity contribution is 9.09. The Labute approximate surface area is 108 Å². The van der Waals surface area contributed by atoms with Crippen LogP contribution in [-0.2, 0) is 16.0 Å². The van der Waals surface area contributed by atoms with E-state index in [1.165, 1.54) is 12.1 Å². The molecule has 1 rings (SSSR count). The third-order valence-electron chi connectivity index (χ3n) is 2.04. The van der Waals surface area contributed by atoms with Crippen LogP contribution in [0.4, 0.5) is 4.39 Å². The summed E-state index contributed by atoms with van der Waals surface area (Å²) in [5, 5.41) is 0.744. The summed E-state index contributed by atoms with van der Waals surface area (Å²) in [6, 6.07) is 4.30. The zero-order valence-corrected chi connectivity index (χ0v) is 11.1. The minimum atomic E-state index is -0.457. The van der Waals surface area contributed by atoms with Crippen molar-refractivity contribution in [2.45, 2.75) is 13.3 Å². The first kappa shape index (κ1) is 14.0. The van der Waals surface area contributed by atoms with Gasteiger partial charge < -0.3 is 9.47 Å². The van der Waals surface area contributed by atoms with E-state index in [-0.39, 0.29) is 12.4 Å². The smallest absolute Gasteiger partial charge is 0.344 e. The Kier molecular flexibility index (Phi) is 5.97. The summed E-state index contributed by atoms with van der Waals surface area (Å²) in [6.07, 6.45) is 0.707. The van der Waals surface area contributed by atoms with Crippen LogP contribution < -0.4 is 4.74 Å². The molecule has 0 saturated heterocycles. The monoisotopic (exact) mass is 304 g/mol. The minimum absolute atomic E-state index is 0.202. The van der Waals surface area contributed by atoms with Crippen molar-refractivity contribution in [2.24, 2.45) is 0 Å². The second-order valence-electron chi connectivity index (χ2n) is 3.28. The zero-order valence-electron chi connectivity index (χ0n) is 9.54. The van der Waals surface area contributed by atoms with E-state index in [2.05, 4.69) is 15.9 Å². The maximum atomic E-state index is 13.1. The number of hydrogen-bond donors (Lipinski definition) is 0. The molecule has 1 aromatic rings. The van der Waals surface area contributed by atoms with Crippen molar-refractivity contribution in [3.63, 3.8) is 0 Å². The summed E-state index contributed by atoms with van der Waals surface area (Å²) in [5.41, 5.74) is 0.854. The number of rotatable bonds is 6. The lowest BCUT2D eigenvalue weighted by molar-refractivity contribution is -0.145. The number of aryl methyl sites for hydroxylation is 1. The van der Waals surface area contributed by atoms with Gasteiger partial charge in [-0.05, 0) is 25.0 Å². The van der Waals surface area contributed by atoms with E-state index < -0.39 is 5.97 Å². The molecule has 0 amide bonds. The molecule has 5 heteroatoms. The number of carbonyl (C=O) groups excluding carboxylic acids is 1. The lowest BCUT2D eigenvalue weighted by atomic mass is 10.1. The van der Waals surface area contributed by atoms with E-state index in [4.69, 9.17) is 9.47 Å². The standard InChI is InChI=1S/C12H14BrFO3/c1-2-16-12(15)8-17-11-7-10(14)4-3-9(11)5-6-13/h3-4,7H,2,5-6,8H2,1H3. The van der Waals surface area contributed by atoms with Crippen molar-refractivity contribution in [1.29, 1.82) is 0 Å². The first-order valence-corrected chi connectivity index (χ1v) is 6.42. The molecule has 94 valence electrons. The van der Waals surface area contributed by atoms with Crippen molar-refractivity contribution in [3.8, 4) is 5.75 Å². The maximum absolute atomic E-state index is 13.1. The van der Waals surface area contributed by atoms with Crippen LogP contribution in [0.15, 0.2) is 18.2 Å². The molecule has 0 aliphatic carbocycles. The van der Waals surface area contributed by atoms with Crippen molar-refractivity contribution in [3.05, 3.63) is 29.6 Å². The molecule has 0 unspecified atom stereocenters. The number of alkyl halides is 1. The summed E-state index contributed by atoms with van der Waals surface area (Å²) >= 11 is 3.30. The van der Waals surface area contributed by atoms with Crippen LogP contribution in [0.5, 0.6) is 5.75 Å². The van der Waals surface area contributed by atoms with Crippen LogP contribution in [-0.4, -0.2) is 24.5 Å². The molecule has 17 heavy (non-hydrogen) atoms. The van der Waals surface area contributed by atoms with Gasteiger partial charge >= 0.3 is 5.97 Å². The van der Waals surface area contributed by atoms with Crippen molar-refractivity contribution < 1.29 is 18.7 Å². The Balaban J connectivity index is 2.67. The Morgan fingerprint density at radius 2 is 2.24 bits per heavy atom. The van der Waals surface area contributed by atoms with Crippen molar-refractivity contribution in [2.75, 3.05) is 18.5 Å². The van der Waals surface area contributed by atoms with Crippen LogP contribution in [0.1, 0.15) is 12.5 Å². The molecule has 0 spiro atoms. The van der Waals surface area contributed by atoms with Crippen LogP contribution in [0.3, 0.4) is 0 Å². The van der Waals surface area contributed by atoms with Crippen LogP contribution in [0, 0.1) is 5.82 Å². The van der Waals surface area contributed by atoms with E-state index in [0.717, 1.165) is 10.9 Å². The van der Waals surface area contributed by atoms with Gasteiger partial charge in [-0.1, -0.05) is 22.0 Å².